The third-order valence-electron chi connectivity index (χ3n) is 3.08. The predicted octanol–water partition coefficient (Wildman–Crippen LogP) is 4.10. The van der Waals surface area contributed by atoms with Crippen LogP contribution in [0.3, 0.4) is 0 Å². The molecule has 0 saturated heterocycles. The lowest BCUT2D eigenvalue weighted by Gasteiger charge is -2.24. The molecule has 16 heavy (non-hydrogen) atoms. The smallest absolute Gasteiger partial charge is 0.00438 e. The zero-order chi connectivity index (χ0) is 11.9. The molecule has 92 valence electrons. The van der Waals surface area contributed by atoms with E-state index in [0.29, 0.717) is 5.41 Å². The normalized spacial score (nSPS) is 11.9. The van der Waals surface area contributed by atoms with Crippen LogP contribution in [0.2, 0.25) is 0 Å². The van der Waals surface area contributed by atoms with Gasteiger partial charge in [0.2, 0.25) is 0 Å². The van der Waals surface area contributed by atoms with E-state index in [4.69, 9.17) is 0 Å². The van der Waals surface area contributed by atoms with Crippen LogP contribution in [0, 0.1) is 5.41 Å². The molecule has 2 heteroatoms. The Kier molecular flexibility index (Phi) is 6.07. The Hall–Kier alpha value is -0.340. The van der Waals surface area contributed by atoms with Crippen LogP contribution in [0.5, 0.6) is 0 Å². The number of aryl methyl sites for hydroxylation is 1. The molecule has 0 bridgehead atoms. The first-order valence-corrected chi connectivity index (χ1v) is 7.30. The Labute approximate surface area is 104 Å². The monoisotopic (exact) mass is 239 g/mol. The molecule has 0 aliphatic carbocycles. The van der Waals surface area contributed by atoms with E-state index in [1.807, 2.05) is 0 Å². The molecule has 1 rings (SSSR count). The van der Waals surface area contributed by atoms with E-state index in [1.165, 1.54) is 31.2 Å². The SMILES string of the molecule is CCCNCCC(C)(C)CCc1ccsc1. The Morgan fingerprint density at radius 3 is 2.69 bits per heavy atom. The van der Waals surface area contributed by atoms with Gasteiger partial charge in [-0.15, -0.1) is 0 Å². The maximum atomic E-state index is 3.49. The molecule has 0 amide bonds. The number of hydrogen-bond acceptors (Lipinski definition) is 2. The summed E-state index contributed by atoms with van der Waals surface area (Å²) in [6.07, 6.45) is 5.02. The molecule has 0 unspecified atom stereocenters. The summed E-state index contributed by atoms with van der Waals surface area (Å²) in [5.41, 5.74) is 1.96. The number of nitrogens with one attached hydrogen (secondary N) is 1. The quantitative estimate of drug-likeness (QED) is 0.674. The molecule has 0 atom stereocenters. The van der Waals surface area contributed by atoms with Gasteiger partial charge in [0.25, 0.3) is 0 Å². The molecule has 0 fully saturated rings. The van der Waals surface area contributed by atoms with Crippen molar-refractivity contribution in [3.63, 3.8) is 0 Å². The van der Waals surface area contributed by atoms with Gasteiger partial charge in [0.15, 0.2) is 0 Å². The molecule has 0 spiro atoms. The van der Waals surface area contributed by atoms with E-state index in [1.54, 1.807) is 11.3 Å². The minimum absolute atomic E-state index is 0.461. The highest BCUT2D eigenvalue weighted by Crippen LogP contribution is 2.26. The Morgan fingerprint density at radius 2 is 2.06 bits per heavy atom. The van der Waals surface area contributed by atoms with Crippen LogP contribution in [0.4, 0.5) is 0 Å². The van der Waals surface area contributed by atoms with Crippen LogP contribution in [-0.4, -0.2) is 13.1 Å². The summed E-state index contributed by atoms with van der Waals surface area (Å²) in [7, 11) is 0. The van der Waals surface area contributed by atoms with Crippen LogP contribution in [0.25, 0.3) is 0 Å². The van der Waals surface area contributed by atoms with Gasteiger partial charge < -0.3 is 5.32 Å². The standard InChI is InChI=1S/C14H25NS/c1-4-9-15-10-8-14(2,3)7-5-13-6-11-16-12-13/h6,11-12,15H,4-5,7-10H2,1-3H3. The maximum Gasteiger partial charge on any atom is -0.00438 e. The van der Waals surface area contributed by atoms with E-state index in [-0.39, 0.29) is 0 Å². The molecular weight excluding hydrogens is 214 g/mol. The zero-order valence-corrected chi connectivity index (χ0v) is 11.7. The summed E-state index contributed by atoms with van der Waals surface area (Å²) in [5, 5.41) is 7.93. The highest BCUT2D eigenvalue weighted by atomic mass is 32.1. The highest BCUT2D eigenvalue weighted by molar-refractivity contribution is 7.07. The molecule has 0 radical (unpaired) electrons. The fourth-order valence-electron chi connectivity index (χ4n) is 1.77. The van der Waals surface area contributed by atoms with Crippen molar-refractivity contribution < 1.29 is 0 Å². The second kappa shape index (κ2) is 7.08. The van der Waals surface area contributed by atoms with Gasteiger partial charge in [0.1, 0.15) is 0 Å². The number of rotatable bonds is 8. The molecule has 1 nitrogen and oxygen atoms in total. The summed E-state index contributed by atoms with van der Waals surface area (Å²) in [6.45, 7) is 9.29. The van der Waals surface area contributed by atoms with E-state index in [0.717, 1.165) is 13.1 Å². The third-order valence-corrected chi connectivity index (χ3v) is 3.81. The van der Waals surface area contributed by atoms with E-state index in [2.05, 4.69) is 42.9 Å². The van der Waals surface area contributed by atoms with Crippen LogP contribution >= 0.6 is 11.3 Å². The molecule has 0 saturated carbocycles. The second-order valence-corrected chi connectivity index (χ2v) is 6.08. The zero-order valence-electron chi connectivity index (χ0n) is 10.9. The first kappa shape index (κ1) is 13.7. The van der Waals surface area contributed by atoms with E-state index >= 15 is 0 Å². The van der Waals surface area contributed by atoms with Gasteiger partial charge in [0, 0.05) is 0 Å². The van der Waals surface area contributed by atoms with Gasteiger partial charge in [-0.05, 0) is 66.6 Å². The molecule has 1 aromatic rings. The molecule has 0 aromatic carbocycles. The summed E-state index contributed by atoms with van der Waals surface area (Å²) >= 11 is 1.80. The van der Waals surface area contributed by atoms with Crippen molar-refractivity contribution in [1.82, 2.24) is 5.32 Å². The summed E-state index contributed by atoms with van der Waals surface area (Å²) < 4.78 is 0. The fraction of sp³-hybridized carbons (Fsp3) is 0.714. The first-order valence-electron chi connectivity index (χ1n) is 6.36. The molecule has 1 aromatic heterocycles. The van der Waals surface area contributed by atoms with Gasteiger partial charge in [0.05, 0.1) is 0 Å². The Morgan fingerprint density at radius 1 is 1.25 bits per heavy atom. The Balaban J connectivity index is 2.17. The molecule has 0 aliphatic rings. The predicted molar refractivity (Wildman–Crippen MR) is 74.2 cm³/mol. The number of thiophene rings is 1. The van der Waals surface area contributed by atoms with E-state index in [9.17, 15) is 0 Å². The van der Waals surface area contributed by atoms with Crippen LogP contribution in [0.1, 0.15) is 45.6 Å². The first-order chi connectivity index (χ1) is 7.64. The van der Waals surface area contributed by atoms with Gasteiger partial charge in [-0.25, -0.2) is 0 Å². The highest BCUT2D eigenvalue weighted by Gasteiger charge is 2.16. The average Bonchev–Trinajstić information content (AvgIpc) is 2.75. The second-order valence-electron chi connectivity index (χ2n) is 5.30. The maximum absolute atomic E-state index is 3.49. The van der Waals surface area contributed by atoms with Gasteiger partial charge in [-0.1, -0.05) is 20.8 Å². The minimum atomic E-state index is 0.461. The number of hydrogen-bond donors (Lipinski definition) is 1. The largest absolute Gasteiger partial charge is 0.317 e. The lowest BCUT2D eigenvalue weighted by molar-refractivity contribution is 0.302. The van der Waals surface area contributed by atoms with Crippen molar-refractivity contribution >= 4 is 11.3 Å². The molecule has 1 N–H and O–H groups in total. The third kappa shape index (κ3) is 5.66. The van der Waals surface area contributed by atoms with E-state index < -0.39 is 0 Å². The molecular formula is C14H25NS. The van der Waals surface area contributed by atoms with Crippen molar-refractivity contribution in [1.29, 1.82) is 0 Å². The topological polar surface area (TPSA) is 12.0 Å². The van der Waals surface area contributed by atoms with Gasteiger partial charge in [-0.3, -0.25) is 0 Å². The summed E-state index contributed by atoms with van der Waals surface area (Å²) in [4.78, 5) is 0. The van der Waals surface area contributed by atoms with Gasteiger partial charge >= 0.3 is 0 Å². The van der Waals surface area contributed by atoms with Crippen LogP contribution in [-0.2, 0) is 6.42 Å². The van der Waals surface area contributed by atoms with Crippen LogP contribution in [0.15, 0.2) is 16.8 Å². The fourth-order valence-corrected chi connectivity index (χ4v) is 2.47. The van der Waals surface area contributed by atoms with Crippen molar-refractivity contribution in [2.24, 2.45) is 5.41 Å². The van der Waals surface area contributed by atoms with Crippen molar-refractivity contribution in [2.45, 2.75) is 46.5 Å². The lowest BCUT2D eigenvalue weighted by atomic mass is 9.83. The van der Waals surface area contributed by atoms with Gasteiger partial charge in [-0.2, -0.15) is 11.3 Å². The minimum Gasteiger partial charge on any atom is -0.317 e. The summed E-state index contributed by atoms with van der Waals surface area (Å²) in [5.74, 6) is 0. The van der Waals surface area contributed by atoms with Crippen molar-refractivity contribution in [3.05, 3.63) is 22.4 Å². The van der Waals surface area contributed by atoms with Crippen LogP contribution < -0.4 is 5.32 Å². The lowest BCUT2D eigenvalue weighted by Crippen LogP contribution is -2.23. The average molecular weight is 239 g/mol. The summed E-state index contributed by atoms with van der Waals surface area (Å²) in [6, 6.07) is 2.25. The van der Waals surface area contributed by atoms with Crippen molar-refractivity contribution in [2.75, 3.05) is 13.1 Å². The Bertz CT molecular complexity index is 264. The molecule has 0 aliphatic heterocycles. The molecule has 1 heterocycles. The van der Waals surface area contributed by atoms with Crippen molar-refractivity contribution in [3.8, 4) is 0 Å².